The highest BCUT2D eigenvalue weighted by atomic mass is 35.5. The summed E-state index contributed by atoms with van der Waals surface area (Å²) in [7, 11) is 0. The normalized spacial score (nSPS) is 11.9. The van der Waals surface area contributed by atoms with Gasteiger partial charge in [-0.05, 0) is 24.6 Å². The lowest BCUT2D eigenvalue weighted by Gasteiger charge is -2.08. The molecule has 0 amide bonds. The number of ether oxygens (including phenoxy) is 1. The third kappa shape index (κ3) is 2.90. The minimum absolute atomic E-state index is 0.217. The first-order valence-electron chi connectivity index (χ1n) is 4.07. The molecule has 0 heterocycles. The Bertz CT molecular complexity index is 362. The SMILES string of the molecule is CC(C#N)Oc1cc(F)cc(CCl)c1. The van der Waals surface area contributed by atoms with E-state index in [2.05, 4.69) is 0 Å². The van der Waals surface area contributed by atoms with Crippen molar-refractivity contribution in [2.24, 2.45) is 0 Å². The molecule has 0 aromatic heterocycles. The summed E-state index contributed by atoms with van der Waals surface area (Å²) in [5, 5.41) is 8.50. The van der Waals surface area contributed by atoms with Crippen LogP contribution in [0.1, 0.15) is 12.5 Å². The van der Waals surface area contributed by atoms with E-state index in [9.17, 15) is 4.39 Å². The number of hydrogen-bond donors (Lipinski definition) is 0. The third-order valence-electron chi connectivity index (χ3n) is 1.58. The van der Waals surface area contributed by atoms with Crippen LogP contribution in [0.15, 0.2) is 18.2 Å². The van der Waals surface area contributed by atoms with Crippen LogP contribution in [-0.2, 0) is 5.88 Å². The first-order valence-corrected chi connectivity index (χ1v) is 4.61. The van der Waals surface area contributed by atoms with Gasteiger partial charge in [-0.3, -0.25) is 0 Å². The van der Waals surface area contributed by atoms with Gasteiger partial charge in [0.05, 0.1) is 0 Å². The maximum atomic E-state index is 12.9. The summed E-state index contributed by atoms with van der Waals surface area (Å²) in [4.78, 5) is 0. The van der Waals surface area contributed by atoms with Gasteiger partial charge in [-0.15, -0.1) is 11.6 Å². The van der Waals surface area contributed by atoms with Crippen molar-refractivity contribution in [3.63, 3.8) is 0 Å². The summed E-state index contributed by atoms with van der Waals surface area (Å²) in [6, 6.07) is 6.06. The van der Waals surface area contributed by atoms with Gasteiger partial charge in [0.1, 0.15) is 17.6 Å². The van der Waals surface area contributed by atoms with Gasteiger partial charge in [0.15, 0.2) is 6.10 Å². The van der Waals surface area contributed by atoms with Crippen LogP contribution in [0, 0.1) is 17.1 Å². The van der Waals surface area contributed by atoms with Gasteiger partial charge in [0.2, 0.25) is 0 Å². The second-order valence-corrected chi connectivity index (χ2v) is 3.09. The maximum absolute atomic E-state index is 12.9. The van der Waals surface area contributed by atoms with Crippen LogP contribution in [0.2, 0.25) is 0 Å². The third-order valence-corrected chi connectivity index (χ3v) is 1.89. The van der Waals surface area contributed by atoms with Crippen molar-refractivity contribution in [2.75, 3.05) is 0 Å². The number of nitrogens with zero attached hydrogens (tertiary/aromatic N) is 1. The van der Waals surface area contributed by atoms with Crippen LogP contribution in [0.4, 0.5) is 4.39 Å². The van der Waals surface area contributed by atoms with E-state index in [1.165, 1.54) is 12.1 Å². The molecule has 1 aromatic rings. The second-order valence-electron chi connectivity index (χ2n) is 2.82. The predicted molar refractivity (Wildman–Crippen MR) is 51.7 cm³/mol. The molecule has 2 nitrogen and oxygen atoms in total. The zero-order valence-corrected chi connectivity index (χ0v) is 8.38. The highest BCUT2D eigenvalue weighted by molar-refractivity contribution is 6.17. The van der Waals surface area contributed by atoms with E-state index >= 15 is 0 Å². The van der Waals surface area contributed by atoms with Crippen molar-refractivity contribution in [3.05, 3.63) is 29.6 Å². The lowest BCUT2D eigenvalue weighted by molar-refractivity contribution is 0.275. The van der Waals surface area contributed by atoms with Gasteiger partial charge in [-0.1, -0.05) is 0 Å². The number of benzene rings is 1. The fraction of sp³-hybridized carbons (Fsp3) is 0.300. The topological polar surface area (TPSA) is 33.0 Å². The largest absolute Gasteiger partial charge is 0.476 e. The lowest BCUT2D eigenvalue weighted by atomic mass is 10.2. The zero-order valence-electron chi connectivity index (χ0n) is 7.63. The molecule has 0 saturated heterocycles. The van der Waals surface area contributed by atoms with Gasteiger partial charge in [0, 0.05) is 11.9 Å². The fourth-order valence-corrected chi connectivity index (χ4v) is 1.15. The molecule has 0 N–H and O–H groups in total. The van der Waals surface area contributed by atoms with E-state index in [0.717, 1.165) is 0 Å². The van der Waals surface area contributed by atoms with Crippen molar-refractivity contribution < 1.29 is 9.13 Å². The molecule has 1 unspecified atom stereocenters. The summed E-state index contributed by atoms with van der Waals surface area (Å²) in [5.41, 5.74) is 0.631. The number of halogens is 2. The average molecular weight is 214 g/mol. The van der Waals surface area contributed by atoms with Crippen molar-refractivity contribution in [3.8, 4) is 11.8 Å². The van der Waals surface area contributed by atoms with E-state index in [1.54, 1.807) is 13.0 Å². The minimum atomic E-state index is -0.597. The van der Waals surface area contributed by atoms with E-state index < -0.39 is 11.9 Å². The molecule has 1 rings (SSSR count). The predicted octanol–water partition coefficient (Wildman–Crippen LogP) is 2.86. The fourth-order valence-electron chi connectivity index (χ4n) is 0.996. The number of alkyl halides is 1. The summed E-state index contributed by atoms with van der Waals surface area (Å²) < 4.78 is 18.1. The van der Waals surface area contributed by atoms with E-state index in [4.69, 9.17) is 21.6 Å². The van der Waals surface area contributed by atoms with E-state index in [-0.39, 0.29) is 5.88 Å². The van der Waals surface area contributed by atoms with Crippen molar-refractivity contribution >= 4 is 11.6 Å². The Hall–Kier alpha value is -1.27. The van der Waals surface area contributed by atoms with Crippen molar-refractivity contribution in [1.82, 2.24) is 0 Å². The molecule has 0 aliphatic carbocycles. The molecule has 0 bridgehead atoms. The zero-order chi connectivity index (χ0) is 10.6. The molecule has 4 heteroatoms. The average Bonchev–Trinajstić information content (AvgIpc) is 2.16. The van der Waals surface area contributed by atoms with E-state index in [0.29, 0.717) is 11.3 Å². The van der Waals surface area contributed by atoms with Gasteiger partial charge >= 0.3 is 0 Å². The summed E-state index contributed by atoms with van der Waals surface area (Å²) in [5.74, 6) is 0.132. The van der Waals surface area contributed by atoms with Crippen molar-refractivity contribution in [1.29, 1.82) is 5.26 Å². The molecule has 14 heavy (non-hydrogen) atoms. The Balaban J connectivity index is 2.87. The van der Waals surface area contributed by atoms with Crippen LogP contribution in [0.5, 0.6) is 5.75 Å². The molecule has 74 valence electrons. The highest BCUT2D eigenvalue weighted by Gasteiger charge is 2.04. The number of nitriles is 1. The van der Waals surface area contributed by atoms with Crippen LogP contribution >= 0.6 is 11.6 Å². The molecule has 0 aliphatic rings. The Labute approximate surface area is 86.9 Å². The Morgan fingerprint density at radius 2 is 2.29 bits per heavy atom. The molecule has 0 spiro atoms. The summed E-state index contributed by atoms with van der Waals surface area (Å²) in [6.45, 7) is 1.59. The number of hydrogen-bond acceptors (Lipinski definition) is 2. The van der Waals surface area contributed by atoms with Gasteiger partial charge in [-0.25, -0.2) is 4.39 Å². The smallest absolute Gasteiger partial charge is 0.181 e. The van der Waals surface area contributed by atoms with Crippen LogP contribution < -0.4 is 4.74 Å². The first kappa shape index (κ1) is 10.8. The Morgan fingerprint density at radius 1 is 1.57 bits per heavy atom. The molecule has 0 saturated carbocycles. The van der Waals surface area contributed by atoms with Gasteiger partial charge in [0.25, 0.3) is 0 Å². The molecule has 1 aromatic carbocycles. The second kappa shape index (κ2) is 4.83. The lowest BCUT2D eigenvalue weighted by Crippen LogP contribution is -2.08. The summed E-state index contributed by atoms with van der Waals surface area (Å²) >= 11 is 5.55. The molecule has 0 aliphatic heterocycles. The standard InChI is InChI=1S/C10H9ClFNO/c1-7(6-13)14-10-3-8(5-11)2-9(12)4-10/h2-4,7H,5H2,1H3. The molecular formula is C10H9ClFNO. The van der Waals surface area contributed by atoms with Gasteiger partial charge < -0.3 is 4.74 Å². The molecule has 0 radical (unpaired) electrons. The van der Waals surface area contributed by atoms with E-state index in [1.807, 2.05) is 6.07 Å². The maximum Gasteiger partial charge on any atom is 0.181 e. The Kier molecular flexibility index (Phi) is 3.73. The highest BCUT2D eigenvalue weighted by Crippen LogP contribution is 2.18. The van der Waals surface area contributed by atoms with Crippen molar-refractivity contribution in [2.45, 2.75) is 18.9 Å². The first-order chi connectivity index (χ1) is 6.65. The monoisotopic (exact) mass is 213 g/mol. The summed E-state index contributed by atoms with van der Waals surface area (Å²) in [6.07, 6.45) is -0.597. The minimum Gasteiger partial charge on any atom is -0.476 e. The quantitative estimate of drug-likeness (QED) is 0.724. The molecular weight excluding hydrogens is 205 g/mol. The van der Waals surface area contributed by atoms with Gasteiger partial charge in [-0.2, -0.15) is 5.26 Å². The van der Waals surface area contributed by atoms with Crippen LogP contribution in [0.25, 0.3) is 0 Å². The molecule has 0 fully saturated rings. The Morgan fingerprint density at radius 3 is 2.86 bits per heavy atom. The van der Waals surface area contributed by atoms with Crippen LogP contribution in [0.3, 0.4) is 0 Å². The molecule has 1 atom stereocenters. The number of rotatable bonds is 3. The van der Waals surface area contributed by atoms with Crippen LogP contribution in [-0.4, -0.2) is 6.10 Å².